The standard InChI is InChI=1S/C20H15IN4O3/c1-12-17(3-2-8-22-12)27-19-7-5-14(10-24-19)25-20(26)28-18-11-23-16-6-4-13(21)9-15(16)18/h2-11,23H,1H3,(H,25,26). The Labute approximate surface area is 174 Å². The van der Waals surface area contributed by atoms with E-state index >= 15 is 0 Å². The molecular formula is C20H15IN4O3. The molecular weight excluding hydrogens is 471 g/mol. The fraction of sp³-hybridized carbons (Fsp3) is 0.0500. The number of anilines is 1. The van der Waals surface area contributed by atoms with Crippen LogP contribution in [0.3, 0.4) is 0 Å². The maximum Gasteiger partial charge on any atom is 0.417 e. The van der Waals surface area contributed by atoms with Gasteiger partial charge in [0.25, 0.3) is 0 Å². The Bertz CT molecular complexity index is 1140. The van der Waals surface area contributed by atoms with E-state index in [4.69, 9.17) is 9.47 Å². The van der Waals surface area contributed by atoms with E-state index in [1.807, 2.05) is 31.2 Å². The number of fused-ring (bicyclic) bond motifs is 1. The van der Waals surface area contributed by atoms with Gasteiger partial charge in [-0.25, -0.2) is 9.78 Å². The number of hydrogen-bond acceptors (Lipinski definition) is 5. The highest BCUT2D eigenvalue weighted by Crippen LogP contribution is 2.27. The Morgan fingerprint density at radius 3 is 2.82 bits per heavy atom. The first-order valence-corrected chi connectivity index (χ1v) is 9.47. The molecule has 2 N–H and O–H groups in total. The summed E-state index contributed by atoms with van der Waals surface area (Å²) in [6, 6.07) is 12.8. The molecule has 7 nitrogen and oxygen atoms in total. The van der Waals surface area contributed by atoms with Gasteiger partial charge in [-0.15, -0.1) is 0 Å². The van der Waals surface area contributed by atoms with E-state index in [0.29, 0.717) is 23.1 Å². The molecule has 0 spiro atoms. The average Bonchev–Trinajstić information content (AvgIpc) is 3.07. The van der Waals surface area contributed by atoms with Gasteiger partial charge in [-0.05, 0) is 65.9 Å². The van der Waals surface area contributed by atoms with Crippen molar-refractivity contribution in [3.05, 3.63) is 70.3 Å². The Morgan fingerprint density at radius 2 is 2.04 bits per heavy atom. The minimum absolute atomic E-state index is 0.404. The van der Waals surface area contributed by atoms with Crippen molar-refractivity contribution in [3.8, 4) is 17.4 Å². The van der Waals surface area contributed by atoms with Crippen molar-refractivity contribution < 1.29 is 14.3 Å². The highest BCUT2D eigenvalue weighted by atomic mass is 127. The molecule has 0 bridgehead atoms. The van der Waals surface area contributed by atoms with Crippen LogP contribution in [0.15, 0.2) is 61.1 Å². The number of H-pyrrole nitrogens is 1. The van der Waals surface area contributed by atoms with Crippen LogP contribution >= 0.6 is 22.6 Å². The summed E-state index contributed by atoms with van der Waals surface area (Å²) in [6.45, 7) is 1.85. The van der Waals surface area contributed by atoms with Gasteiger partial charge >= 0.3 is 6.09 Å². The number of ether oxygens (including phenoxy) is 2. The van der Waals surface area contributed by atoms with Crippen molar-refractivity contribution in [1.82, 2.24) is 15.0 Å². The molecule has 0 aliphatic rings. The number of aryl methyl sites for hydroxylation is 1. The Hall–Kier alpha value is -3.14. The van der Waals surface area contributed by atoms with Gasteiger partial charge in [0.15, 0.2) is 11.5 Å². The zero-order valence-corrected chi connectivity index (χ0v) is 16.9. The maximum atomic E-state index is 12.2. The number of aromatic amines is 1. The molecule has 1 amide bonds. The molecule has 4 rings (SSSR count). The van der Waals surface area contributed by atoms with Crippen LogP contribution in [0.5, 0.6) is 17.4 Å². The molecule has 3 aromatic heterocycles. The lowest BCUT2D eigenvalue weighted by Crippen LogP contribution is -2.16. The number of nitrogens with zero attached hydrogens (tertiary/aromatic N) is 2. The lowest BCUT2D eigenvalue weighted by Gasteiger charge is -2.08. The van der Waals surface area contributed by atoms with Crippen molar-refractivity contribution in [1.29, 1.82) is 0 Å². The number of benzene rings is 1. The molecule has 28 heavy (non-hydrogen) atoms. The first kappa shape index (κ1) is 18.2. The molecule has 0 saturated heterocycles. The molecule has 8 heteroatoms. The SMILES string of the molecule is Cc1ncccc1Oc1ccc(NC(=O)Oc2c[nH]c3ccc(I)cc23)cn1. The number of nitrogens with one attached hydrogen (secondary N) is 2. The highest BCUT2D eigenvalue weighted by Gasteiger charge is 2.11. The van der Waals surface area contributed by atoms with Crippen molar-refractivity contribution >= 4 is 45.3 Å². The van der Waals surface area contributed by atoms with Gasteiger partial charge in [0.05, 0.1) is 17.6 Å². The predicted molar refractivity (Wildman–Crippen MR) is 114 cm³/mol. The van der Waals surface area contributed by atoms with Gasteiger partial charge in [0.1, 0.15) is 0 Å². The first-order valence-electron chi connectivity index (χ1n) is 8.39. The largest absolute Gasteiger partial charge is 0.437 e. The minimum atomic E-state index is -0.599. The van der Waals surface area contributed by atoms with Crippen molar-refractivity contribution in [2.24, 2.45) is 0 Å². The Kier molecular flexibility index (Phi) is 5.11. The van der Waals surface area contributed by atoms with Crippen LogP contribution in [0.4, 0.5) is 10.5 Å². The van der Waals surface area contributed by atoms with Crippen LogP contribution < -0.4 is 14.8 Å². The molecule has 3 heterocycles. The van der Waals surface area contributed by atoms with E-state index in [1.165, 1.54) is 6.20 Å². The third-order valence-electron chi connectivity index (χ3n) is 3.96. The van der Waals surface area contributed by atoms with Gasteiger partial charge in [-0.3, -0.25) is 10.3 Å². The summed E-state index contributed by atoms with van der Waals surface area (Å²) in [5.41, 5.74) is 2.16. The number of halogens is 1. The molecule has 0 saturated carbocycles. The molecule has 4 aromatic rings. The topological polar surface area (TPSA) is 89.1 Å². The summed E-state index contributed by atoms with van der Waals surface area (Å²) in [5.74, 6) is 1.50. The molecule has 1 aromatic carbocycles. The van der Waals surface area contributed by atoms with Crippen molar-refractivity contribution in [3.63, 3.8) is 0 Å². The summed E-state index contributed by atoms with van der Waals surface area (Å²) in [5, 5.41) is 3.50. The van der Waals surface area contributed by atoms with Crippen LogP contribution in [0.2, 0.25) is 0 Å². The molecule has 0 aliphatic heterocycles. The molecule has 0 aliphatic carbocycles. The normalized spacial score (nSPS) is 10.6. The number of amides is 1. The number of aromatic nitrogens is 3. The first-order chi connectivity index (χ1) is 13.6. The van der Waals surface area contributed by atoms with Gasteiger partial charge in [0.2, 0.25) is 5.88 Å². The maximum absolute atomic E-state index is 12.2. The van der Waals surface area contributed by atoms with Crippen LogP contribution in [0, 0.1) is 10.5 Å². The van der Waals surface area contributed by atoms with Gasteiger partial charge in [-0.2, -0.15) is 0 Å². The Morgan fingerprint density at radius 1 is 1.14 bits per heavy atom. The van der Waals surface area contributed by atoms with E-state index in [2.05, 4.69) is 42.9 Å². The summed E-state index contributed by atoms with van der Waals surface area (Å²) in [7, 11) is 0. The van der Waals surface area contributed by atoms with Gasteiger partial charge < -0.3 is 14.5 Å². The molecule has 0 fully saturated rings. The zero-order valence-electron chi connectivity index (χ0n) is 14.8. The fourth-order valence-electron chi connectivity index (χ4n) is 2.60. The molecule has 140 valence electrons. The van der Waals surface area contributed by atoms with Crippen LogP contribution in [-0.4, -0.2) is 21.0 Å². The number of carbonyl (C=O) groups excluding carboxylic acids is 1. The Balaban J connectivity index is 1.42. The van der Waals surface area contributed by atoms with E-state index in [0.717, 1.165) is 20.2 Å². The summed E-state index contributed by atoms with van der Waals surface area (Å²) in [4.78, 5) is 23.7. The molecule has 0 atom stereocenters. The molecule has 0 unspecified atom stereocenters. The van der Waals surface area contributed by atoms with Gasteiger partial charge in [-0.1, -0.05) is 0 Å². The van der Waals surface area contributed by atoms with E-state index < -0.39 is 6.09 Å². The fourth-order valence-corrected chi connectivity index (χ4v) is 3.09. The number of rotatable bonds is 4. The minimum Gasteiger partial charge on any atom is -0.437 e. The second kappa shape index (κ2) is 7.85. The third-order valence-corrected chi connectivity index (χ3v) is 4.64. The second-order valence-electron chi connectivity index (χ2n) is 5.93. The van der Waals surface area contributed by atoms with E-state index in [-0.39, 0.29) is 0 Å². The van der Waals surface area contributed by atoms with E-state index in [1.54, 1.807) is 30.6 Å². The van der Waals surface area contributed by atoms with Crippen molar-refractivity contribution in [2.75, 3.05) is 5.32 Å². The summed E-state index contributed by atoms with van der Waals surface area (Å²) >= 11 is 2.21. The smallest absolute Gasteiger partial charge is 0.417 e. The lowest BCUT2D eigenvalue weighted by molar-refractivity contribution is 0.215. The van der Waals surface area contributed by atoms with Gasteiger partial charge in [0, 0.05) is 32.9 Å². The quantitative estimate of drug-likeness (QED) is 0.384. The molecule has 0 radical (unpaired) electrons. The lowest BCUT2D eigenvalue weighted by atomic mass is 10.2. The summed E-state index contributed by atoms with van der Waals surface area (Å²) < 4.78 is 12.2. The monoisotopic (exact) mass is 486 g/mol. The van der Waals surface area contributed by atoms with Crippen LogP contribution in [-0.2, 0) is 0 Å². The second-order valence-corrected chi connectivity index (χ2v) is 7.18. The predicted octanol–water partition coefficient (Wildman–Crippen LogP) is 5.27. The zero-order chi connectivity index (χ0) is 19.5. The number of pyridine rings is 2. The third kappa shape index (κ3) is 4.06. The summed E-state index contributed by atoms with van der Waals surface area (Å²) in [6.07, 6.45) is 4.26. The van der Waals surface area contributed by atoms with Crippen LogP contribution in [0.25, 0.3) is 10.9 Å². The number of carbonyl (C=O) groups is 1. The highest BCUT2D eigenvalue weighted by molar-refractivity contribution is 14.1. The van der Waals surface area contributed by atoms with Crippen LogP contribution in [0.1, 0.15) is 5.69 Å². The number of hydrogen-bond donors (Lipinski definition) is 2. The van der Waals surface area contributed by atoms with Crippen molar-refractivity contribution in [2.45, 2.75) is 6.92 Å². The average molecular weight is 486 g/mol. The van der Waals surface area contributed by atoms with E-state index in [9.17, 15) is 4.79 Å².